The molecule has 6 nitrogen and oxygen atoms in total. The van der Waals surface area contributed by atoms with E-state index in [1.54, 1.807) is 0 Å². The zero-order chi connectivity index (χ0) is 23.8. The summed E-state index contributed by atoms with van der Waals surface area (Å²) in [6.07, 6.45) is 11.6. The molecule has 6 atom stereocenters. The molecule has 2 aliphatic heterocycles. The molecule has 6 unspecified atom stereocenters. The number of fused-ring (bicyclic) bond motifs is 2. The summed E-state index contributed by atoms with van der Waals surface area (Å²) in [5.74, 6) is 1.39. The minimum Gasteiger partial charge on any atom is -0.394 e. The smallest absolute Gasteiger partial charge is 0.372 e. The van der Waals surface area contributed by atoms with Crippen LogP contribution in [0.5, 0.6) is 0 Å². The molecular formula is C26H42O6Si2. The second kappa shape index (κ2) is 10.4. The van der Waals surface area contributed by atoms with Crippen molar-refractivity contribution in [1.29, 1.82) is 0 Å². The fraction of sp³-hybridized carbons (Fsp3) is 0.769. The summed E-state index contributed by atoms with van der Waals surface area (Å²) in [6.45, 7) is 0. The van der Waals surface area contributed by atoms with Crippen molar-refractivity contribution >= 4 is 27.5 Å². The Morgan fingerprint density at radius 2 is 1.06 bits per heavy atom. The summed E-state index contributed by atoms with van der Waals surface area (Å²) in [6, 6.07) is 10.5. The van der Waals surface area contributed by atoms with Gasteiger partial charge in [-0.15, -0.1) is 0 Å². The summed E-state index contributed by atoms with van der Waals surface area (Å²) in [5, 5.41) is 2.39. The molecule has 0 radical (unpaired) electrons. The van der Waals surface area contributed by atoms with Gasteiger partial charge in [0.15, 0.2) is 0 Å². The second-order valence-electron chi connectivity index (χ2n) is 10.7. The maximum Gasteiger partial charge on any atom is 0.372 e. The highest BCUT2D eigenvalue weighted by Gasteiger charge is 2.50. The Labute approximate surface area is 207 Å². The van der Waals surface area contributed by atoms with Crippen molar-refractivity contribution in [2.24, 2.45) is 11.8 Å². The van der Waals surface area contributed by atoms with Gasteiger partial charge in [-0.3, -0.25) is 0 Å². The fourth-order valence-corrected chi connectivity index (χ4v) is 13.7. The van der Waals surface area contributed by atoms with E-state index in [9.17, 15) is 0 Å². The van der Waals surface area contributed by atoms with Crippen molar-refractivity contribution in [3.8, 4) is 0 Å². The Hall–Kier alpha value is -0.586. The van der Waals surface area contributed by atoms with Crippen LogP contribution < -0.4 is 10.4 Å². The third kappa shape index (κ3) is 4.98. The number of ether oxygens (including phenoxy) is 2. The van der Waals surface area contributed by atoms with Crippen molar-refractivity contribution in [2.45, 2.75) is 87.9 Å². The lowest BCUT2D eigenvalue weighted by Gasteiger charge is -2.36. The van der Waals surface area contributed by atoms with Crippen molar-refractivity contribution in [3.05, 3.63) is 24.3 Å². The van der Waals surface area contributed by atoms with Gasteiger partial charge in [-0.1, -0.05) is 24.3 Å². The van der Waals surface area contributed by atoms with Gasteiger partial charge in [-0.25, -0.2) is 0 Å². The summed E-state index contributed by atoms with van der Waals surface area (Å²) in [7, 11) is 1.98. The zero-order valence-electron chi connectivity index (χ0n) is 21.3. The first-order valence-corrected chi connectivity index (χ1v) is 17.2. The minimum absolute atomic E-state index is 0.505. The normalized spacial score (nSPS) is 32.7. The third-order valence-corrected chi connectivity index (χ3v) is 16.4. The van der Waals surface area contributed by atoms with Crippen molar-refractivity contribution in [3.63, 3.8) is 0 Å². The van der Waals surface area contributed by atoms with Crippen LogP contribution >= 0.6 is 0 Å². The average Bonchev–Trinajstić information content (AvgIpc) is 3.81. The summed E-state index contributed by atoms with van der Waals surface area (Å²) in [5.41, 5.74) is 0. The number of hydrogen-bond acceptors (Lipinski definition) is 6. The molecule has 0 spiro atoms. The Morgan fingerprint density at radius 3 is 1.41 bits per heavy atom. The molecule has 1 aromatic rings. The van der Waals surface area contributed by atoms with Gasteiger partial charge in [0, 0.05) is 28.4 Å². The van der Waals surface area contributed by atoms with Crippen LogP contribution in [0.15, 0.2) is 24.3 Å². The highest BCUT2D eigenvalue weighted by Crippen LogP contribution is 2.42. The number of benzene rings is 1. The Bertz CT molecular complexity index is 762. The number of hydrogen-bond donors (Lipinski definition) is 0. The minimum atomic E-state index is -2.66. The predicted octanol–water partition coefficient (Wildman–Crippen LogP) is 3.49. The molecule has 8 heteroatoms. The SMILES string of the molecule is CO[Si](CCC1CCC2OC2C1)(OC)c1ccccc1[Si](CCC1CCC2OC2C1)(OC)OC. The van der Waals surface area contributed by atoms with Gasteiger partial charge >= 0.3 is 17.1 Å². The molecule has 5 rings (SSSR count). The lowest BCUT2D eigenvalue weighted by atomic mass is 9.87. The van der Waals surface area contributed by atoms with Crippen molar-refractivity contribution in [2.75, 3.05) is 28.4 Å². The lowest BCUT2D eigenvalue weighted by molar-refractivity contribution is 0.245. The lowest BCUT2D eigenvalue weighted by Crippen LogP contribution is -2.67. The topological polar surface area (TPSA) is 62.0 Å². The number of rotatable bonds is 12. The molecule has 0 bridgehead atoms. The molecule has 4 fully saturated rings. The second-order valence-corrected chi connectivity index (χ2v) is 17.5. The van der Waals surface area contributed by atoms with E-state index in [1.807, 2.05) is 28.4 Å². The molecule has 0 N–H and O–H groups in total. The van der Waals surface area contributed by atoms with E-state index in [2.05, 4.69) is 24.3 Å². The van der Waals surface area contributed by atoms with Crippen molar-refractivity contribution < 1.29 is 27.2 Å². The maximum atomic E-state index is 6.32. The molecule has 1 aromatic carbocycles. The standard InChI is InChI=1S/C26H42O6Si2/c1-27-33(28-2,15-13-19-9-11-21-23(17-19)31-21)25-7-5-6-8-26(25)34(29-3,30-4)16-14-20-10-12-22-24(18-20)32-22/h5-8,19-24H,9-18H2,1-4H3. The van der Waals surface area contributed by atoms with Gasteiger partial charge in [0.1, 0.15) is 0 Å². The fourth-order valence-electron chi connectivity index (χ4n) is 6.72. The third-order valence-electron chi connectivity index (χ3n) is 9.06. The summed E-state index contributed by atoms with van der Waals surface area (Å²) in [4.78, 5) is 0. The van der Waals surface area contributed by atoms with E-state index in [0.29, 0.717) is 36.3 Å². The van der Waals surface area contributed by atoms with E-state index in [0.717, 1.165) is 24.9 Å². The first kappa shape index (κ1) is 25.1. The quantitative estimate of drug-likeness (QED) is 0.320. The molecule has 0 amide bonds. The van der Waals surface area contributed by atoms with Crippen LogP contribution in [0.2, 0.25) is 12.1 Å². The molecule has 190 valence electrons. The van der Waals surface area contributed by atoms with Crippen LogP contribution in [0.3, 0.4) is 0 Å². The van der Waals surface area contributed by atoms with E-state index < -0.39 is 17.1 Å². The molecule has 2 saturated heterocycles. The Morgan fingerprint density at radius 1 is 0.647 bits per heavy atom. The van der Waals surface area contributed by atoms with Crippen molar-refractivity contribution in [1.82, 2.24) is 0 Å². The molecular weight excluding hydrogens is 464 g/mol. The van der Waals surface area contributed by atoms with Gasteiger partial charge < -0.3 is 27.2 Å². The van der Waals surface area contributed by atoms with E-state index in [1.165, 1.54) is 48.9 Å². The van der Waals surface area contributed by atoms with Crippen LogP contribution in [-0.4, -0.2) is 70.0 Å². The van der Waals surface area contributed by atoms with Crippen LogP contribution in [0, 0.1) is 11.8 Å². The summed E-state index contributed by atoms with van der Waals surface area (Å²) < 4.78 is 36.8. The van der Waals surface area contributed by atoms with Gasteiger partial charge in [0.05, 0.1) is 24.4 Å². The first-order valence-electron chi connectivity index (χ1n) is 13.2. The highest BCUT2D eigenvalue weighted by molar-refractivity contribution is 6.91. The highest BCUT2D eigenvalue weighted by atomic mass is 28.4. The van der Waals surface area contributed by atoms with E-state index in [-0.39, 0.29) is 0 Å². The summed E-state index contributed by atoms with van der Waals surface area (Å²) >= 11 is 0. The maximum absolute atomic E-state index is 6.32. The molecule has 2 heterocycles. The zero-order valence-corrected chi connectivity index (χ0v) is 23.3. The van der Waals surface area contributed by atoms with E-state index >= 15 is 0 Å². The van der Waals surface area contributed by atoms with Crippen LogP contribution in [0.4, 0.5) is 0 Å². The van der Waals surface area contributed by atoms with Gasteiger partial charge in [0.25, 0.3) is 0 Å². The van der Waals surface area contributed by atoms with E-state index in [4.69, 9.17) is 27.2 Å². The van der Waals surface area contributed by atoms with Gasteiger partial charge in [-0.2, -0.15) is 0 Å². The Balaban J connectivity index is 1.35. The van der Waals surface area contributed by atoms with Crippen LogP contribution in [0.1, 0.15) is 51.4 Å². The molecule has 34 heavy (non-hydrogen) atoms. The van der Waals surface area contributed by atoms with Crippen LogP contribution in [-0.2, 0) is 27.2 Å². The average molecular weight is 507 g/mol. The van der Waals surface area contributed by atoms with Gasteiger partial charge in [-0.05, 0) is 85.7 Å². The molecule has 2 saturated carbocycles. The molecule has 2 aliphatic carbocycles. The molecule has 4 aliphatic rings. The Kier molecular flexibility index (Phi) is 7.68. The monoisotopic (exact) mass is 506 g/mol. The number of epoxide rings is 2. The molecule has 0 aromatic heterocycles. The predicted molar refractivity (Wildman–Crippen MR) is 136 cm³/mol. The van der Waals surface area contributed by atoms with Crippen LogP contribution in [0.25, 0.3) is 0 Å². The largest absolute Gasteiger partial charge is 0.394 e. The van der Waals surface area contributed by atoms with Gasteiger partial charge in [0.2, 0.25) is 0 Å². The first-order chi connectivity index (χ1) is 16.6.